The third-order valence-electron chi connectivity index (χ3n) is 4.23. The number of halogens is 1. The number of anilines is 1. The van der Waals surface area contributed by atoms with Gasteiger partial charge >= 0.3 is 0 Å². The van der Waals surface area contributed by atoms with E-state index in [9.17, 15) is 9.59 Å². The Morgan fingerprint density at radius 1 is 0.964 bits per heavy atom. The second-order valence-electron chi connectivity index (χ2n) is 6.31. The van der Waals surface area contributed by atoms with Crippen LogP contribution in [0.5, 0.6) is 5.75 Å². The summed E-state index contributed by atoms with van der Waals surface area (Å²) in [7, 11) is 0. The van der Waals surface area contributed by atoms with Crippen molar-refractivity contribution < 1.29 is 14.3 Å². The Morgan fingerprint density at radius 2 is 1.68 bits per heavy atom. The van der Waals surface area contributed by atoms with Crippen LogP contribution in [0.1, 0.15) is 33.2 Å². The molecule has 0 aliphatic carbocycles. The van der Waals surface area contributed by atoms with Crippen LogP contribution in [0.25, 0.3) is 0 Å². The molecule has 28 heavy (non-hydrogen) atoms. The Kier molecular flexibility index (Phi) is 6.61. The standard InChI is InChI=1S/C23H20BrNO3/c1-16(26)18-7-10-20(11-8-18)25-23(27)21-15-19(24)9-12-22(21)28-14-13-17-5-3-2-4-6-17/h2-12,15H,13-14H2,1H3,(H,25,27). The van der Waals surface area contributed by atoms with Gasteiger partial charge in [0.05, 0.1) is 12.2 Å². The zero-order chi connectivity index (χ0) is 19.9. The topological polar surface area (TPSA) is 55.4 Å². The number of hydrogen-bond acceptors (Lipinski definition) is 3. The van der Waals surface area contributed by atoms with E-state index in [-0.39, 0.29) is 11.7 Å². The van der Waals surface area contributed by atoms with Crippen molar-refractivity contribution in [1.82, 2.24) is 0 Å². The molecule has 0 saturated carbocycles. The minimum Gasteiger partial charge on any atom is -0.492 e. The van der Waals surface area contributed by atoms with Crippen LogP contribution in [0, 0.1) is 0 Å². The summed E-state index contributed by atoms with van der Waals surface area (Å²) in [6.45, 7) is 1.98. The van der Waals surface area contributed by atoms with E-state index in [0.29, 0.717) is 29.2 Å². The Balaban J connectivity index is 1.70. The van der Waals surface area contributed by atoms with Gasteiger partial charge in [0, 0.05) is 22.1 Å². The molecule has 0 bridgehead atoms. The molecule has 1 N–H and O–H groups in total. The van der Waals surface area contributed by atoms with Crippen LogP contribution in [-0.2, 0) is 6.42 Å². The van der Waals surface area contributed by atoms with E-state index in [1.807, 2.05) is 36.4 Å². The first-order valence-corrected chi connectivity index (χ1v) is 9.71. The van der Waals surface area contributed by atoms with E-state index in [1.54, 1.807) is 36.4 Å². The lowest BCUT2D eigenvalue weighted by atomic mass is 10.1. The maximum absolute atomic E-state index is 12.8. The van der Waals surface area contributed by atoms with Crippen LogP contribution in [0.15, 0.2) is 77.3 Å². The van der Waals surface area contributed by atoms with Crippen molar-refractivity contribution in [1.29, 1.82) is 0 Å². The molecule has 3 aromatic carbocycles. The van der Waals surface area contributed by atoms with Gasteiger partial charge in [-0.05, 0) is 55.0 Å². The van der Waals surface area contributed by atoms with Crippen molar-refractivity contribution in [2.24, 2.45) is 0 Å². The summed E-state index contributed by atoms with van der Waals surface area (Å²) < 4.78 is 6.67. The molecule has 142 valence electrons. The predicted molar refractivity (Wildman–Crippen MR) is 114 cm³/mol. The van der Waals surface area contributed by atoms with E-state index in [0.717, 1.165) is 10.9 Å². The van der Waals surface area contributed by atoms with E-state index in [4.69, 9.17) is 4.74 Å². The number of Topliss-reactive ketones (excluding diaryl/α,β-unsaturated/α-hetero) is 1. The van der Waals surface area contributed by atoms with E-state index >= 15 is 0 Å². The molecule has 0 saturated heterocycles. The van der Waals surface area contributed by atoms with Gasteiger partial charge in [0.2, 0.25) is 0 Å². The highest BCUT2D eigenvalue weighted by Gasteiger charge is 2.14. The van der Waals surface area contributed by atoms with Gasteiger partial charge < -0.3 is 10.1 Å². The molecule has 0 atom stereocenters. The number of benzene rings is 3. The fourth-order valence-electron chi connectivity index (χ4n) is 2.72. The van der Waals surface area contributed by atoms with Crippen molar-refractivity contribution in [2.45, 2.75) is 13.3 Å². The molecule has 1 amide bonds. The van der Waals surface area contributed by atoms with Gasteiger partial charge in [0.25, 0.3) is 5.91 Å². The minimum absolute atomic E-state index is 0.0148. The second-order valence-corrected chi connectivity index (χ2v) is 7.23. The average molecular weight is 438 g/mol. The van der Waals surface area contributed by atoms with Crippen LogP contribution in [0.2, 0.25) is 0 Å². The third-order valence-corrected chi connectivity index (χ3v) is 4.72. The van der Waals surface area contributed by atoms with Crippen LogP contribution in [-0.4, -0.2) is 18.3 Å². The van der Waals surface area contributed by atoms with E-state index in [2.05, 4.69) is 21.2 Å². The number of ketones is 1. The zero-order valence-electron chi connectivity index (χ0n) is 15.4. The van der Waals surface area contributed by atoms with Gasteiger partial charge in [-0.1, -0.05) is 46.3 Å². The maximum Gasteiger partial charge on any atom is 0.259 e. The van der Waals surface area contributed by atoms with Gasteiger partial charge in [-0.25, -0.2) is 0 Å². The van der Waals surface area contributed by atoms with Crippen LogP contribution >= 0.6 is 15.9 Å². The van der Waals surface area contributed by atoms with Crippen molar-refractivity contribution in [3.8, 4) is 5.75 Å². The highest BCUT2D eigenvalue weighted by Crippen LogP contribution is 2.25. The largest absolute Gasteiger partial charge is 0.492 e. The Morgan fingerprint density at radius 3 is 2.36 bits per heavy atom. The second kappa shape index (κ2) is 9.33. The summed E-state index contributed by atoms with van der Waals surface area (Å²) in [4.78, 5) is 24.1. The van der Waals surface area contributed by atoms with Gasteiger partial charge in [-0.2, -0.15) is 0 Å². The minimum atomic E-state index is -0.272. The molecule has 3 aromatic rings. The molecule has 0 aromatic heterocycles. The smallest absolute Gasteiger partial charge is 0.259 e. The maximum atomic E-state index is 12.8. The number of ether oxygens (including phenoxy) is 1. The molecule has 0 unspecified atom stereocenters. The summed E-state index contributed by atoms with van der Waals surface area (Å²) in [5.41, 5.74) is 2.84. The van der Waals surface area contributed by atoms with E-state index in [1.165, 1.54) is 12.5 Å². The van der Waals surface area contributed by atoms with Crippen LogP contribution in [0.4, 0.5) is 5.69 Å². The summed E-state index contributed by atoms with van der Waals surface area (Å²) in [5, 5.41) is 2.85. The third kappa shape index (κ3) is 5.30. The lowest BCUT2D eigenvalue weighted by molar-refractivity contribution is 0.101. The Bertz CT molecular complexity index is 969. The Labute approximate surface area is 172 Å². The number of nitrogens with one attached hydrogen (secondary N) is 1. The molecule has 0 radical (unpaired) electrons. The fraction of sp³-hybridized carbons (Fsp3) is 0.130. The number of amides is 1. The molecular formula is C23H20BrNO3. The molecular weight excluding hydrogens is 418 g/mol. The van der Waals surface area contributed by atoms with Crippen LogP contribution < -0.4 is 10.1 Å². The summed E-state index contributed by atoms with van der Waals surface area (Å²) in [6, 6.07) is 22.2. The van der Waals surface area contributed by atoms with Gasteiger partial charge in [0.1, 0.15) is 5.75 Å². The lowest BCUT2D eigenvalue weighted by Crippen LogP contribution is -2.14. The quantitative estimate of drug-likeness (QED) is 0.494. The van der Waals surface area contributed by atoms with E-state index < -0.39 is 0 Å². The predicted octanol–water partition coefficient (Wildman–Crippen LogP) is 5.53. The van der Waals surface area contributed by atoms with Crippen LogP contribution in [0.3, 0.4) is 0 Å². The van der Waals surface area contributed by atoms with Crippen molar-refractivity contribution in [2.75, 3.05) is 11.9 Å². The van der Waals surface area contributed by atoms with Gasteiger partial charge in [0.15, 0.2) is 5.78 Å². The molecule has 0 aliphatic heterocycles. The van der Waals surface area contributed by atoms with Crippen molar-refractivity contribution in [3.05, 3.63) is 94.0 Å². The number of carbonyl (C=O) groups is 2. The molecule has 0 fully saturated rings. The van der Waals surface area contributed by atoms with Crippen molar-refractivity contribution in [3.63, 3.8) is 0 Å². The number of carbonyl (C=O) groups excluding carboxylic acids is 2. The molecule has 0 aliphatic rings. The molecule has 0 spiro atoms. The molecule has 0 heterocycles. The summed E-state index contributed by atoms with van der Waals surface area (Å²) in [5.74, 6) is 0.238. The fourth-order valence-corrected chi connectivity index (χ4v) is 3.08. The first-order chi connectivity index (χ1) is 13.5. The molecule has 3 rings (SSSR count). The lowest BCUT2D eigenvalue weighted by Gasteiger charge is -2.13. The highest BCUT2D eigenvalue weighted by atomic mass is 79.9. The number of hydrogen-bond donors (Lipinski definition) is 1. The highest BCUT2D eigenvalue weighted by molar-refractivity contribution is 9.10. The average Bonchev–Trinajstić information content (AvgIpc) is 2.70. The van der Waals surface area contributed by atoms with Gasteiger partial charge in [-0.15, -0.1) is 0 Å². The Hall–Kier alpha value is -2.92. The summed E-state index contributed by atoms with van der Waals surface area (Å²) in [6.07, 6.45) is 0.754. The van der Waals surface area contributed by atoms with Crippen molar-refractivity contribution >= 4 is 33.3 Å². The molecule has 4 nitrogen and oxygen atoms in total. The normalized spacial score (nSPS) is 10.4. The SMILES string of the molecule is CC(=O)c1ccc(NC(=O)c2cc(Br)ccc2OCCc2ccccc2)cc1. The van der Waals surface area contributed by atoms with Gasteiger partial charge in [-0.3, -0.25) is 9.59 Å². The number of rotatable bonds is 7. The monoisotopic (exact) mass is 437 g/mol. The first kappa shape index (κ1) is 19.8. The first-order valence-electron chi connectivity index (χ1n) is 8.91. The molecule has 5 heteroatoms. The zero-order valence-corrected chi connectivity index (χ0v) is 17.0. The summed E-state index contributed by atoms with van der Waals surface area (Å²) >= 11 is 3.41.